The number of furan rings is 1. The fraction of sp³-hybridized carbons (Fsp3) is 0.189. The number of benzene rings is 4. The molecule has 4 aromatic carbocycles. The van der Waals surface area contributed by atoms with Crippen LogP contribution in [0.15, 0.2) is 101 Å². The van der Waals surface area contributed by atoms with Crippen LogP contribution in [0.1, 0.15) is 56.4 Å². The Morgan fingerprint density at radius 2 is 1.34 bits per heavy atom. The number of fused-ring (bicyclic) bond motifs is 4. The molecule has 0 atom stereocenters. The number of para-hydroxylation sites is 2. The van der Waals surface area contributed by atoms with E-state index in [2.05, 4.69) is 128 Å². The van der Waals surface area contributed by atoms with E-state index in [1.807, 2.05) is 13.0 Å². The first-order valence-electron chi connectivity index (χ1n) is 14.4. The molecule has 4 nitrogen and oxygen atoms in total. The second-order valence-corrected chi connectivity index (χ2v) is 11.6. The Hall–Kier alpha value is -4.70. The van der Waals surface area contributed by atoms with Crippen LogP contribution in [0.2, 0.25) is 0 Å². The van der Waals surface area contributed by atoms with Crippen molar-refractivity contribution in [1.29, 1.82) is 0 Å². The van der Waals surface area contributed by atoms with Gasteiger partial charge in [0.25, 0.3) is 0 Å². The number of imidazole rings is 1. The van der Waals surface area contributed by atoms with Crippen LogP contribution >= 0.6 is 0 Å². The molecular formula is C37H33N3O. The Labute approximate surface area is 240 Å². The van der Waals surface area contributed by atoms with Gasteiger partial charge in [0.1, 0.15) is 11.4 Å². The van der Waals surface area contributed by atoms with Crippen molar-refractivity contribution in [3.8, 4) is 28.2 Å². The number of pyridine rings is 1. The standard InChI is InChI=1S/C37H33N3O/c1-22(2)29-20-27(25-11-7-6-8-12-25)21-30(23(3)4)35(29)40-33-14-10-9-13-32(33)39-36(40)26-16-18-34-31(19-26)28-17-15-24(5)38-37(28)41-34/h6-23H,1-5H3. The van der Waals surface area contributed by atoms with Gasteiger partial charge in [0.15, 0.2) is 0 Å². The molecule has 0 spiro atoms. The molecule has 7 rings (SSSR count). The Morgan fingerprint density at radius 1 is 0.634 bits per heavy atom. The van der Waals surface area contributed by atoms with Crippen molar-refractivity contribution in [3.05, 3.63) is 114 Å². The Bertz CT molecular complexity index is 2030. The SMILES string of the molecule is Cc1ccc2c(n1)oc1ccc(-c3nc4ccccc4n3-c3c(C(C)C)cc(-c4ccccc4)cc3C(C)C)cc12. The maximum atomic E-state index is 6.12. The fourth-order valence-electron chi connectivity index (χ4n) is 5.95. The Balaban J connectivity index is 1.54. The third-order valence-electron chi connectivity index (χ3n) is 8.04. The van der Waals surface area contributed by atoms with Crippen LogP contribution in [0.4, 0.5) is 0 Å². The molecule has 0 aliphatic carbocycles. The highest BCUT2D eigenvalue weighted by Gasteiger charge is 2.24. The topological polar surface area (TPSA) is 43.9 Å². The molecule has 0 aliphatic rings. The highest BCUT2D eigenvalue weighted by molar-refractivity contribution is 6.05. The van der Waals surface area contributed by atoms with E-state index in [9.17, 15) is 0 Å². The molecule has 0 saturated heterocycles. The number of nitrogens with zero attached hydrogens (tertiary/aromatic N) is 3. The summed E-state index contributed by atoms with van der Waals surface area (Å²) in [5, 5.41) is 2.07. The van der Waals surface area contributed by atoms with E-state index in [0.29, 0.717) is 17.5 Å². The zero-order valence-electron chi connectivity index (χ0n) is 24.1. The molecule has 0 bridgehead atoms. The van der Waals surface area contributed by atoms with Gasteiger partial charge in [-0.25, -0.2) is 9.97 Å². The van der Waals surface area contributed by atoms with Gasteiger partial charge in [-0.15, -0.1) is 0 Å². The van der Waals surface area contributed by atoms with E-state index in [0.717, 1.165) is 44.5 Å². The number of aryl methyl sites for hydroxylation is 1. The molecule has 7 aromatic rings. The summed E-state index contributed by atoms with van der Waals surface area (Å²) in [6, 6.07) is 34.4. The molecule has 3 aromatic heterocycles. The van der Waals surface area contributed by atoms with Crippen LogP contribution in [0.3, 0.4) is 0 Å². The smallest absolute Gasteiger partial charge is 0.227 e. The third-order valence-corrected chi connectivity index (χ3v) is 8.04. The minimum Gasteiger partial charge on any atom is -0.438 e. The van der Waals surface area contributed by atoms with Crippen molar-refractivity contribution in [3.63, 3.8) is 0 Å². The van der Waals surface area contributed by atoms with Crippen LogP contribution < -0.4 is 0 Å². The van der Waals surface area contributed by atoms with E-state index in [1.54, 1.807) is 0 Å². The first-order chi connectivity index (χ1) is 19.9. The highest BCUT2D eigenvalue weighted by Crippen LogP contribution is 2.41. The summed E-state index contributed by atoms with van der Waals surface area (Å²) in [5.41, 5.74) is 11.9. The van der Waals surface area contributed by atoms with E-state index < -0.39 is 0 Å². The van der Waals surface area contributed by atoms with Crippen LogP contribution in [0, 0.1) is 6.92 Å². The molecule has 4 heteroatoms. The zero-order valence-corrected chi connectivity index (χ0v) is 24.1. The first-order valence-corrected chi connectivity index (χ1v) is 14.4. The molecule has 0 aliphatic heterocycles. The summed E-state index contributed by atoms with van der Waals surface area (Å²) in [6.07, 6.45) is 0. The quantitative estimate of drug-likeness (QED) is 0.220. The predicted molar refractivity (Wildman–Crippen MR) is 170 cm³/mol. The molecular weight excluding hydrogens is 502 g/mol. The number of aromatic nitrogens is 3. The average Bonchev–Trinajstić information content (AvgIpc) is 3.54. The lowest BCUT2D eigenvalue weighted by atomic mass is 9.88. The van der Waals surface area contributed by atoms with Crippen molar-refractivity contribution in [1.82, 2.24) is 14.5 Å². The maximum Gasteiger partial charge on any atom is 0.227 e. The van der Waals surface area contributed by atoms with Gasteiger partial charge in [-0.3, -0.25) is 4.57 Å². The summed E-state index contributed by atoms with van der Waals surface area (Å²) in [5.74, 6) is 1.56. The summed E-state index contributed by atoms with van der Waals surface area (Å²) >= 11 is 0. The van der Waals surface area contributed by atoms with Gasteiger partial charge >= 0.3 is 0 Å². The van der Waals surface area contributed by atoms with Gasteiger partial charge in [-0.05, 0) is 95.6 Å². The lowest BCUT2D eigenvalue weighted by Gasteiger charge is -2.24. The summed E-state index contributed by atoms with van der Waals surface area (Å²) in [4.78, 5) is 9.87. The molecule has 0 unspecified atom stereocenters. The number of hydrogen-bond acceptors (Lipinski definition) is 3. The largest absolute Gasteiger partial charge is 0.438 e. The van der Waals surface area contributed by atoms with E-state index in [-0.39, 0.29) is 0 Å². The Kier molecular flexibility index (Phi) is 6.01. The second kappa shape index (κ2) is 9.74. The van der Waals surface area contributed by atoms with E-state index in [4.69, 9.17) is 9.40 Å². The van der Waals surface area contributed by atoms with Gasteiger partial charge in [0, 0.05) is 22.0 Å². The summed E-state index contributed by atoms with van der Waals surface area (Å²) in [7, 11) is 0. The first kappa shape index (κ1) is 25.3. The summed E-state index contributed by atoms with van der Waals surface area (Å²) in [6.45, 7) is 11.1. The lowest BCUT2D eigenvalue weighted by molar-refractivity contribution is 0.652. The number of hydrogen-bond donors (Lipinski definition) is 0. The van der Waals surface area contributed by atoms with Crippen molar-refractivity contribution in [2.24, 2.45) is 0 Å². The van der Waals surface area contributed by atoms with E-state index >= 15 is 0 Å². The monoisotopic (exact) mass is 535 g/mol. The van der Waals surface area contributed by atoms with E-state index in [1.165, 1.54) is 27.9 Å². The van der Waals surface area contributed by atoms with Gasteiger partial charge in [0.05, 0.1) is 16.7 Å². The molecule has 0 fully saturated rings. The molecule has 0 radical (unpaired) electrons. The van der Waals surface area contributed by atoms with Crippen molar-refractivity contribution < 1.29 is 4.42 Å². The summed E-state index contributed by atoms with van der Waals surface area (Å²) < 4.78 is 8.51. The van der Waals surface area contributed by atoms with Crippen LogP contribution in [0.25, 0.3) is 61.3 Å². The van der Waals surface area contributed by atoms with Gasteiger partial charge < -0.3 is 4.42 Å². The fourth-order valence-corrected chi connectivity index (χ4v) is 5.95. The van der Waals surface area contributed by atoms with Gasteiger partial charge in [-0.2, -0.15) is 0 Å². The Morgan fingerprint density at radius 3 is 2.07 bits per heavy atom. The van der Waals surface area contributed by atoms with Crippen molar-refractivity contribution >= 4 is 33.1 Å². The molecule has 202 valence electrons. The minimum absolute atomic E-state index is 0.315. The third kappa shape index (κ3) is 4.22. The van der Waals surface area contributed by atoms with Crippen molar-refractivity contribution in [2.45, 2.75) is 46.5 Å². The predicted octanol–water partition coefficient (Wildman–Crippen LogP) is 10.2. The number of rotatable bonds is 5. The normalized spacial score (nSPS) is 12.0. The minimum atomic E-state index is 0.315. The maximum absolute atomic E-state index is 6.12. The zero-order chi connectivity index (χ0) is 28.2. The van der Waals surface area contributed by atoms with Crippen LogP contribution in [-0.2, 0) is 0 Å². The molecule has 0 amide bonds. The molecule has 0 N–H and O–H groups in total. The highest BCUT2D eigenvalue weighted by atomic mass is 16.3. The van der Waals surface area contributed by atoms with Gasteiger partial charge in [-0.1, -0.05) is 70.2 Å². The molecule has 3 heterocycles. The lowest BCUT2D eigenvalue weighted by Crippen LogP contribution is -2.09. The molecule has 41 heavy (non-hydrogen) atoms. The van der Waals surface area contributed by atoms with Crippen LogP contribution in [0.5, 0.6) is 0 Å². The van der Waals surface area contributed by atoms with Gasteiger partial charge in [0.2, 0.25) is 5.71 Å². The van der Waals surface area contributed by atoms with Crippen LogP contribution in [-0.4, -0.2) is 14.5 Å². The average molecular weight is 536 g/mol. The molecule has 0 saturated carbocycles. The second-order valence-electron chi connectivity index (χ2n) is 11.6. The van der Waals surface area contributed by atoms with Crippen molar-refractivity contribution in [2.75, 3.05) is 0 Å².